The second-order valence-electron chi connectivity index (χ2n) is 7.85. The number of rotatable bonds is 5. The summed E-state index contributed by atoms with van der Waals surface area (Å²) in [7, 11) is 1.96. The summed E-state index contributed by atoms with van der Waals surface area (Å²) in [6.45, 7) is 5.79. The number of benzene rings is 1. The fraction of sp³-hybridized carbons (Fsp3) is 0.591. The minimum Gasteiger partial charge on any atom is -0.478 e. The third-order valence-electron chi connectivity index (χ3n) is 6.08. The number of carbonyl (C=O) groups is 1. The van der Waals surface area contributed by atoms with Gasteiger partial charge in [0, 0.05) is 25.0 Å². The Morgan fingerprint density at radius 2 is 2.15 bits per heavy atom. The standard InChI is InChI=1S/C22H31N3O2/c1-3-4-7-16-8-5-9-18-19(16)20(22-25(18)14-6-15-27-22)21(26)24(2)17-10-12-23-13-11-17/h5,8-9,17,23H,3-4,6-7,10-15H2,1-2H3. The first-order valence-corrected chi connectivity index (χ1v) is 10.5. The van der Waals surface area contributed by atoms with E-state index in [-0.39, 0.29) is 5.91 Å². The lowest BCUT2D eigenvalue weighted by molar-refractivity contribution is 0.0698. The van der Waals surface area contributed by atoms with Crippen LogP contribution in [0.25, 0.3) is 10.9 Å². The zero-order valence-corrected chi connectivity index (χ0v) is 16.6. The molecule has 0 radical (unpaired) electrons. The number of hydrogen-bond donors (Lipinski definition) is 1. The van der Waals surface area contributed by atoms with Crippen LogP contribution in [0.1, 0.15) is 54.9 Å². The van der Waals surface area contributed by atoms with Crippen molar-refractivity contribution in [1.82, 2.24) is 14.8 Å². The smallest absolute Gasteiger partial charge is 0.259 e. The zero-order chi connectivity index (χ0) is 18.8. The molecule has 0 atom stereocenters. The Balaban J connectivity index is 1.81. The predicted octanol–water partition coefficient (Wildman–Crippen LogP) is 3.59. The number of aromatic nitrogens is 1. The minimum atomic E-state index is 0.117. The second-order valence-corrected chi connectivity index (χ2v) is 7.85. The Bertz CT molecular complexity index is 821. The molecule has 27 heavy (non-hydrogen) atoms. The summed E-state index contributed by atoms with van der Waals surface area (Å²) in [6.07, 6.45) is 6.32. The summed E-state index contributed by atoms with van der Waals surface area (Å²) in [5.74, 6) is 0.900. The normalized spacial score (nSPS) is 17.6. The number of unbranched alkanes of at least 4 members (excludes halogenated alkanes) is 1. The number of nitrogens with zero attached hydrogens (tertiary/aromatic N) is 2. The summed E-state index contributed by atoms with van der Waals surface area (Å²) >= 11 is 0. The highest BCUT2D eigenvalue weighted by atomic mass is 16.5. The average molecular weight is 370 g/mol. The molecule has 0 unspecified atom stereocenters. The van der Waals surface area contributed by atoms with Gasteiger partial charge in [0.1, 0.15) is 5.56 Å². The van der Waals surface area contributed by atoms with Crippen LogP contribution in [0.5, 0.6) is 5.88 Å². The number of fused-ring (bicyclic) bond motifs is 3. The van der Waals surface area contributed by atoms with Crippen LogP contribution in [0, 0.1) is 0 Å². The molecule has 2 aliphatic heterocycles. The van der Waals surface area contributed by atoms with Gasteiger partial charge in [0.15, 0.2) is 0 Å². The molecule has 1 aromatic heterocycles. The van der Waals surface area contributed by atoms with Gasteiger partial charge in [-0.3, -0.25) is 4.79 Å². The summed E-state index contributed by atoms with van der Waals surface area (Å²) in [4.78, 5) is 15.6. The maximum absolute atomic E-state index is 13.6. The van der Waals surface area contributed by atoms with Gasteiger partial charge in [-0.1, -0.05) is 25.5 Å². The summed E-state index contributed by atoms with van der Waals surface area (Å²) in [5, 5.41) is 4.51. The van der Waals surface area contributed by atoms with E-state index in [2.05, 4.69) is 35.0 Å². The van der Waals surface area contributed by atoms with Crippen LogP contribution < -0.4 is 10.1 Å². The molecule has 0 saturated carbocycles. The first-order valence-electron chi connectivity index (χ1n) is 10.5. The van der Waals surface area contributed by atoms with Crippen molar-refractivity contribution in [2.75, 3.05) is 26.7 Å². The number of aryl methyl sites for hydroxylation is 2. The third kappa shape index (κ3) is 3.33. The Kier molecular flexibility index (Phi) is 5.39. The van der Waals surface area contributed by atoms with Crippen LogP contribution in [0.15, 0.2) is 18.2 Å². The van der Waals surface area contributed by atoms with Gasteiger partial charge in [0.2, 0.25) is 5.88 Å². The van der Waals surface area contributed by atoms with Gasteiger partial charge in [-0.2, -0.15) is 0 Å². The van der Waals surface area contributed by atoms with E-state index in [1.807, 2.05) is 11.9 Å². The van der Waals surface area contributed by atoms with Gasteiger partial charge in [0.05, 0.1) is 12.1 Å². The van der Waals surface area contributed by atoms with Gasteiger partial charge >= 0.3 is 0 Å². The van der Waals surface area contributed by atoms with E-state index in [0.29, 0.717) is 12.6 Å². The maximum atomic E-state index is 13.6. The number of piperidine rings is 1. The second kappa shape index (κ2) is 7.93. The molecule has 1 amide bonds. The van der Waals surface area contributed by atoms with Crippen molar-refractivity contribution in [3.8, 4) is 5.88 Å². The van der Waals surface area contributed by atoms with E-state index < -0.39 is 0 Å². The van der Waals surface area contributed by atoms with Crippen molar-refractivity contribution in [1.29, 1.82) is 0 Å². The molecule has 1 fully saturated rings. The van der Waals surface area contributed by atoms with E-state index >= 15 is 0 Å². The molecule has 3 heterocycles. The Morgan fingerprint density at radius 1 is 1.33 bits per heavy atom. The molecule has 5 heteroatoms. The van der Waals surface area contributed by atoms with Crippen LogP contribution in [-0.4, -0.2) is 48.2 Å². The molecule has 2 aliphatic rings. The van der Waals surface area contributed by atoms with Crippen LogP contribution in [0.2, 0.25) is 0 Å². The lowest BCUT2D eigenvalue weighted by Crippen LogP contribution is -2.44. The van der Waals surface area contributed by atoms with E-state index in [9.17, 15) is 4.79 Å². The van der Waals surface area contributed by atoms with E-state index in [0.717, 1.165) is 80.5 Å². The number of amides is 1. The summed E-state index contributed by atoms with van der Waals surface area (Å²) < 4.78 is 8.28. The predicted molar refractivity (Wildman–Crippen MR) is 109 cm³/mol. The van der Waals surface area contributed by atoms with Crippen LogP contribution in [0.4, 0.5) is 0 Å². The highest BCUT2D eigenvalue weighted by Gasteiger charge is 2.32. The van der Waals surface area contributed by atoms with Crippen LogP contribution in [-0.2, 0) is 13.0 Å². The summed E-state index contributed by atoms with van der Waals surface area (Å²) in [5.41, 5.74) is 3.22. The molecule has 5 nitrogen and oxygen atoms in total. The molecule has 146 valence electrons. The van der Waals surface area contributed by atoms with E-state index in [1.165, 1.54) is 5.56 Å². The van der Waals surface area contributed by atoms with Gasteiger partial charge in [0.25, 0.3) is 5.91 Å². The van der Waals surface area contributed by atoms with Gasteiger partial charge in [-0.25, -0.2) is 0 Å². The molecule has 1 saturated heterocycles. The fourth-order valence-electron chi connectivity index (χ4n) is 4.53. The SMILES string of the molecule is CCCCc1cccc2c1c(C(=O)N(C)C1CCNCC1)c1n2CCCO1. The number of nitrogens with one attached hydrogen (secondary N) is 1. The Labute approximate surface area is 161 Å². The number of ether oxygens (including phenoxy) is 1. The maximum Gasteiger partial charge on any atom is 0.259 e. The van der Waals surface area contributed by atoms with Crippen LogP contribution in [0.3, 0.4) is 0 Å². The van der Waals surface area contributed by atoms with Crippen molar-refractivity contribution in [2.24, 2.45) is 0 Å². The average Bonchev–Trinajstić information content (AvgIpc) is 3.07. The van der Waals surface area contributed by atoms with Crippen molar-refractivity contribution >= 4 is 16.8 Å². The van der Waals surface area contributed by atoms with E-state index in [1.54, 1.807) is 0 Å². The third-order valence-corrected chi connectivity index (χ3v) is 6.08. The number of carbonyl (C=O) groups excluding carboxylic acids is 1. The molecule has 1 N–H and O–H groups in total. The van der Waals surface area contributed by atoms with Crippen molar-refractivity contribution in [3.05, 3.63) is 29.3 Å². The first-order chi connectivity index (χ1) is 13.2. The fourth-order valence-corrected chi connectivity index (χ4v) is 4.53. The first kappa shape index (κ1) is 18.4. The Morgan fingerprint density at radius 3 is 2.93 bits per heavy atom. The van der Waals surface area contributed by atoms with Crippen LogP contribution >= 0.6 is 0 Å². The highest BCUT2D eigenvalue weighted by molar-refractivity contribution is 6.11. The van der Waals surface area contributed by atoms with E-state index in [4.69, 9.17) is 4.74 Å². The lowest BCUT2D eigenvalue weighted by Gasteiger charge is -2.32. The zero-order valence-electron chi connectivity index (χ0n) is 16.6. The van der Waals surface area contributed by atoms with Crippen molar-refractivity contribution < 1.29 is 9.53 Å². The van der Waals surface area contributed by atoms with Crippen molar-refractivity contribution in [2.45, 2.75) is 58.0 Å². The summed E-state index contributed by atoms with van der Waals surface area (Å²) in [6, 6.07) is 6.76. The lowest BCUT2D eigenvalue weighted by atomic mass is 9.99. The minimum absolute atomic E-state index is 0.117. The molecular weight excluding hydrogens is 338 g/mol. The monoisotopic (exact) mass is 369 g/mol. The molecule has 2 aromatic rings. The molecule has 4 rings (SSSR count). The highest BCUT2D eigenvalue weighted by Crippen LogP contribution is 2.38. The van der Waals surface area contributed by atoms with Gasteiger partial charge < -0.3 is 19.5 Å². The number of hydrogen-bond acceptors (Lipinski definition) is 3. The van der Waals surface area contributed by atoms with Gasteiger partial charge in [-0.05, 0) is 56.8 Å². The molecule has 0 aliphatic carbocycles. The van der Waals surface area contributed by atoms with Crippen molar-refractivity contribution in [3.63, 3.8) is 0 Å². The molecule has 1 aromatic carbocycles. The molecule has 0 spiro atoms. The topological polar surface area (TPSA) is 46.5 Å². The van der Waals surface area contributed by atoms with Gasteiger partial charge in [-0.15, -0.1) is 0 Å². The largest absolute Gasteiger partial charge is 0.478 e. The molecular formula is C22H31N3O2. The molecule has 0 bridgehead atoms. The Hall–Kier alpha value is -2.01. The quantitative estimate of drug-likeness (QED) is 0.876.